The molecule has 1 heterocycles. The zero-order valence-corrected chi connectivity index (χ0v) is 10.5. The summed E-state index contributed by atoms with van der Waals surface area (Å²) in [6.45, 7) is -0.284. The van der Waals surface area contributed by atoms with E-state index in [1.54, 1.807) is 0 Å². The van der Waals surface area contributed by atoms with Gasteiger partial charge in [0.15, 0.2) is 11.6 Å². The number of aliphatic hydroxyl groups is 1. The van der Waals surface area contributed by atoms with E-state index < -0.39 is 47.3 Å². The van der Waals surface area contributed by atoms with Crippen molar-refractivity contribution >= 4 is 17.7 Å². The first-order valence-corrected chi connectivity index (χ1v) is 5.92. The van der Waals surface area contributed by atoms with Gasteiger partial charge in [0.1, 0.15) is 17.5 Å². The van der Waals surface area contributed by atoms with Gasteiger partial charge >= 0.3 is 12.0 Å². The molecule has 0 bridgehead atoms. The van der Waals surface area contributed by atoms with Crippen molar-refractivity contribution in [3.05, 3.63) is 29.6 Å². The molecule has 1 aromatic carbocycles. The normalized spacial score (nSPS) is 21.4. The fourth-order valence-corrected chi connectivity index (χ4v) is 2.11. The molecule has 0 radical (unpaired) electrons. The van der Waals surface area contributed by atoms with Crippen LogP contribution in [0.25, 0.3) is 0 Å². The number of carboxylic acids is 1. The van der Waals surface area contributed by atoms with Gasteiger partial charge in [0, 0.05) is 25.1 Å². The number of carbonyl (C=O) groups is 2. The van der Waals surface area contributed by atoms with Crippen LogP contribution in [-0.4, -0.2) is 45.8 Å². The van der Waals surface area contributed by atoms with Crippen molar-refractivity contribution in [2.24, 2.45) is 0 Å². The number of hydrogen-bond donors (Lipinski definition) is 3. The van der Waals surface area contributed by atoms with Crippen molar-refractivity contribution < 1.29 is 33.0 Å². The summed E-state index contributed by atoms with van der Waals surface area (Å²) in [6.07, 6.45) is -1.23. The topological polar surface area (TPSA) is 89.9 Å². The smallest absolute Gasteiger partial charge is 0.326 e. The first kappa shape index (κ1) is 15.1. The van der Waals surface area contributed by atoms with Crippen LogP contribution in [0, 0.1) is 17.5 Å². The molecule has 0 spiro atoms. The monoisotopic (exact) mass is 304 g/mol. The second-order valence-electron chi connectivity index (χ2n) is 4.57. The number of likely N-dealkylation sites (tertiary alicyclic amines) is 1. The van der Waals surface area contributed by atoms with Crippen molar-refractivity contribution in [2.45, 2.75) is 18.6 Å². The van der Waals surface area contributed by atoms with Gasteiger partial charge in [-0.05, 0) is 0 Å². The van der Waals surface area contributed by atoms with E-state index >= 15 is 0 Å². The second kappa shape index (κ2) is 5.60. The van der Waals surface area contributed by atoms with E-state index in [1.165, 1.54) is 0 Å². The SMILES string of the molecule is O=C(O)[C@@H]1C[C@@H](O)CN1C(=O)Nc1c(F)cc(F)cc1F. The predicted molar refractivity (Wildman–Crippen MR) is 64.1 cm³/mol. The van der Waals surface area contributed by atoms with Crippen LogP contribution in [0.2, 0.25) is 0 Å². The Hall–Kier alpha value is -2.29. The summed E-state index contributed by atoms with van der Waals surface area (Å²) in [5.41, 5.74) is -0.882. The van der Waals surface area contributed by atoms with Gasteiger partial charge < -0.3 is 20.4 Å². The molecule has 2 atom stereocenters. The van der Waals surface area contributed by atoms with E-state index in [0.29, 0.717) is 12.1 Å². The van der Waals surface area contributed by atoms with E-state index in [9.17, 15) is 27.9 Å². The van der Waals surface area contributed by atoms with Crippen LogP contribution in [0.4, 0.5) is 23.7 Å². The molecule has 1 saturated heterocycles. The molecule has 21 heavy (non-hydrogen) atoms. The molecule has 0 aliphatic carbocycles. The molecular weight excluding hydrogens is 293 g/mol. The van der Waals surface area contributed by atoms with Gasteiger partial charge in [0.05, 0.1) is 6.10 Å². The Labute approximate surface area is 116 Å². The van der Waals surface area contributed by atoms with E-state index in [4.69, 9.17) is 5.11 Å². The van der Waals surface area contributed by atoms with E-state index in [1.807, 2.05) is 5.32 Å². The number of amides is 2. The maximum atomic E-state index is 13.4. The van der Waals surface area contributed by atoms with Crippen molar-refractivity contribution in [1.29, 1.82) is 0 Å². The Morgan fingerprint density at radius 1 is 1.24 bits per heavy atom. The molecule has 114 valence electrons. The fraction of sp³-hybridized carbons (Fsp3) is 0.333. The number of nitrogens with zero attached hydrogens (tertiary/aromatic N) is 1. The van der Waals surface area contributed by atoms with Crippen LogP contribution in [0.1, 0.15) is 6.42 Å². The first-order chi connectivity index (χ1) is 9.79. The minimum Gasteiger partial charge on any atom is -0.480 e. The highest BCUT2D eigenvalue weighted by molar-refractivity contribution is 5.93. The first-order valence-electron chi connectivity index (χ1n) is 5.92. The summed E-state index contributed by atoms with van der Waals surface area (Å²) in [5.74, 6) is -5.15. The zero-order chi connectivity index (χ0) is 15.7. The molecule has 2 amide bonds. The molecule has 1 aromatic rings. The van der Waals surface area contributed by atoms with Gasteiger partial charge in [-0.15, -0.1) is 0 Å². The Bertz CT molecular complexity index is 573. The molecule has 6 nitrogen and oxygen atoms in total. The average molecular weight is 304 g/mol. The van der Waals surface area contributed by atoms with Gasteiger partial charge in [-0.2, -0.15) is 0 Å². The summed E-state index contributed by atoms with van der Waals surface area (Å²) in [7, 11) is 0. The molecule has 1 aliphatic rings. The lowest BCUT2D eigenvalue weighted by Crippen LogP contribution is -2.43. The number of aliphatic carboxylic acids is 1. The molecule has 1 aliphatic heterocycles. The number of anilines is 1. The number of hydrogen-bond acceptors (Lipinski definition) is 3. The molecule has 0 unspecified atom stereocenters. The van der Waals surface area contributed by atoms with Crippen LogP contribution in [0.3, 0.4) is 0 Å². The van der Waals surface area contributed by atoms with Crippen molar-refractivity contribution in [1.82, 2.24) is 4.90 Å². The third kappa shape index (κ3) is 3.07. The van der Waals surface area contributed by atoms with Crippen LogP contribution < -0.4 is 5.32 Å². The summed E-state index contributed by atoms with van der Waals surface area (Å²) >= 11 is 0. The third-order valence-corrected chi connectivity index (χ3v) is 3.06. The Morgan fingerprint density at radius 2 is 1.81 bits per heavy atom. The number of carbonyl (C=O) groups excluding carboxylic acids is 1. The molecule has 1 fully saturated rings. The molecule has 0 aromatic heterocycles. The lowest BCUT2D eigenvalue weighted by molar-refractivity contribution is -0.141. The maximum Gasteiger partial charge on any atom is 0.326 e. The van der Waals surface area contributed by atoms with Gasteiger partial charge in [0.25, 0.3) is 0 Å². The third-order valence-electron chi connectivity index (χ3n) is 3.06. The van der Waals surface area contributed by atoms with Gasteiger partial charge in [-0.3, -0.25) is 0 Å². The number of nitrogens with one attached hydrogen (secondary N) is 1. The highest BCUT2D eigenvalue weighted by Crippen LogP contribution is 2.23. The summed E-state index contributed by atoms with van der Waals surface area (Å²) < 4.78 is 39.6. The maximum absolute atomic E-state index is 13.4. The van der Waals surface area contributed by atoms with Crippen molar-refractivity contribution in [3.63, 3.8) is 0 Å². The largest absolute Gasteiger partial charge is 0.480 e. The minimum atomic E-state index is -1.35. The Kier molecular flexibility index (Phi) is 4.03. The van der Waals surface area contributed by atoms with Crippen LogP contribution in [0.5, 0.6) is 0 Å². The molecular formula is C12H11F3N2O4. The van der Waals surface area contributed by atoms with Gasteiger partial charge in [-0.1, -0.05) is 0 Å². The Balaban J connectivity index is 2.20. The summed E-state index contributed by atoms with van der Waals surface area (Å²) in [5, 5.41) is 20.2. The fourth-order valence-electron chi connectivity index (χ4n) is 2.11. The van der Waals surface area contributed by atoms with Crippen molar-refractivity contribution in [2.75, 3.05) is 11.9 Å². The average Bonchev–Trinajstić information content (AvgIpc) is 2.76. The van der Waals surface area contributed by atoms with Crippen molar-refractivity contribution in [3.8, 4) is 0 Å². The number of rotatable bonds is 2. The number of β-amino-alcohol motifs (C(OH)–C–C–N with tert-alkyl or cyclic N) is 1. The number of benzene rings is 1. The predicted octanol–water partition coefficient (Wildman–Crippen LogP) is 1.16. The van der Waals surface area contributed by atoms with Crippen LogP contribution >= 0.6 is 0 Å². The number of carboxylic acid groups (broad SMARTS) is 1. The molecule has 9 heteroatoms. The number of urea groups is 1. The van der Waals surface area contributed by atoms with Crippen LogP contribution in [0.15, 0.2) is 12.1 Å². The number of halogens is 3. The quantitative estimate of drug-likeness (QED) is 0.764. The molecule has 2 rings (SSSR count). The summed E-state index contributed by atoms with van der Waals surface area (Å²) in [4.78, 5) is 23.6. The minimum absolute atomic E-state index is 0.183. The standard InChI is InChI=1S/C12H11F3N2O4/c13-5-1-7(14)10(8(15)2-5)16-12(21)17-4-6(18)3-9(17)11(19)20/h1-2,6,9,18H,3-4H2,(H,16,21)(H,19,20)/t6-,9+/m1/s1. The van der Waals surface area contributed by atoms with Gasteiger partial charge in [-0.25, -0.2) is 22.8 Å². The van der Waals surface area contributed by atoms with E-state index in [-0.39, 0.29) is 13.0 Å². The highest BCUT2D eigenvalue weighted by atomic mass is 19.1. The Morgan fingerprint density at radius 3 is 2.33 bits per heavy atom. The zero-order valence-electron chi connectivity index (χ0n) is 10.5. The van der Waals surface area contributed by atoms with Gasteiger partial charge in [0.2, 0.25) is 0 Å². The molecule has 0 saturated carbocycles. The highest BCUT2D eigenvalue weighted by Gasteiger charge is 2.39. The number of aliphatic hydroxyl groups excluding tert-OH is 1. The second-order valence-corrected chi connectivity index (χ2v) is 4.57. The molecule has 3 N–H and O–H groups in total. The lowest BCUT2D eigenvalue weighted by Gasteiger charge is -2.21. The summed E-state index contributed by atoms with van der Waals surface area (Å²) in [6, 6.07) is -1.63. The lowest BCUT2D eigenvalue weighted by atomic mass is 10.2. The van der Waals surface area contributed by atoms with E-state index in [0.717, 1.165) is 4.90 Å². The van der Waals surface area contributed by atoms with E-state index in [2.05, 4.69) is 0 Å². The van der Waals surface area contributed by atoms with Crippen LogP contribution in [-0.2, 0) is 4.79 Å².